The Morgan fingerprint density at radius 3 is 2.65 bits per heavy atom. The van der Waals surface area contributed by atoms with Crippen molar-refractivity contribution in [2.45, 2.75) is 19.3 Å². The summed E-state index contributed by atoms with van der Waals surface area (Å²) in [6, 6.07) is 6.55. The lowest BCUT2D eigenvalue weighted by atomic mass is 10.1. The number of aryl methyl sites for hydroxylation is 1. The number of benzene rings is 1. The summed E-state index contributed by atoms with van der Waals surface area (Å²) in [6.07, 6.45) is 1.89. The second kappa shape index (κ2) is 6.70. The molecular formula is C14H17N3O3. The van der Waals surface area contributed by atoms with Crippen LogP contribution in [0, 0.1) is 0 Å². The number of aliphatic imine (C=N–C) groups is 1. The van der Waals surface area contributed by atoms with E-state index in [1.54, 1.807) is 24.3 Å². The van der Waals surface area contributed by atoms with Crippen molar-refractivity contribution in [3.8, 4) is 0 Å². The Labute approximate surface area is 116 Å². The molecule has 0 aliphatic carbocycles. The molecule has 1 aromatic carbocycles. The van der Waals surface area contributed by atoms with Crippen LogP contribution in [0.4, 0.5) is 0 Å². The van der Waals surface area contributed by atoms with Crippen molar-refractivity contribution in [3.05, 3.63) is 35.4 Å². The first-order chi connectivity index (χ1) is 9.65. The summed E-state index contributed by atoms with van der Waals surface area (Å²) in [6.45, 7) is 1.56. The molecule has 0 unspecified atom stereocenters. The molecule has 6 heteroatoms. The summed E-state index contributed by atoms with van der Waals surface area (Å²) in [4.78, 5) is 26.6. The van der Waals surface area contributed by atoms with Crippen LogP contribution in [0.1, 0.15) is 28.8 Å². The van der Waals surface area contributed by atoms with Crippen LogP contribution in [0.2, 0.25) is 0 Å². The van der Waals surface area contributed by atoms with Crippen LogP contribution in [-0.2, 0) is 11.2 Å². The first kappa shape index (κ1) is 14.0. The van der Waals surface area contributed by atoms with E-state index in [2.05, 4.69) is 15.6 Å². The van der Waals surface area contributed by atoms with Crippen molar-refractivity contribution in [2.24, 2.45) is 4.99 Å². The second-order valence-electron chi connectivity index (χ2n) is 4.56. The third kappa shape index (κ3) is 4.08. The molecule has 0 spiro atoms. The number of hydrogen-bond donors (Lipinski definition) is 3. The van der Waals surface area contributed by atoms with E-state index in [1.165, 1.54) is 0 Å². The van der Waals surface area contributed by atoms with Gasteiger partial charge in [0.15, 0.2) is 5.96 Å². The molecule has 1 amide bonds. The van der Waals surface area contributed by atoms with Crippen molar-refractivity contribution in [1.29, 1.82) is 0 Å². The van der Waals surface area contributed by atoms with Gasteiger partial charge in [0.25, 0.3) is 0 Å². The average molecular weight is 275 g/mol. The monoisotopic (exact) mass is 275 g/mol. The van der Waals surface area contributed by atoms with Gasteiger partial charge in [-0.2, -0.15) is 0 Å². The molecule has 0 saturated heterocycles. The van der Waals surface area contributed by atoms with E-state index in [0.29, 0.717) is 18.8 Å². The van der Waals surface area contributed by atoms with E-state index in [-0.39, 0.29) is 11.5 Å². The summed E-state index contributed by atoms with van der Waals surface area (Å²) in [5.41, 5.74) is 1.18. The van der Waals surface area contributed by atoms with Crippen LogP contribution in [0.25, 0.3) is 0 Å². The molecule has 0 atom stereocenters. The van der Waals surface area contributed by atoms with Gasteiger partial charge in [0.1, 0.15) is 0 Å². The third-order valence-electron chi connectivity index (χ3n) is 3.00. The smallest absolute Gasteiger partial charge is 0.335 e. The summed E-state index contributed by atoms with van der Waals surface area (Å²) < 4.78 is 0. The van der Waals surface area contributed by atoms with Gasteiger partial charge in [0, 0.05) is 19.5 Å². The van der Waals surface area contributed by atoms with Crippen LogP contribution in [0.3, 0.4) is 0 Å². The minimum absolute atomic E-state index is 0.0968. The highest BCUT2D eigenvalue weighted by Crippen LogP contribution is 2.06. The molecule has 0 bridgehead atoms. The zero-order valence-corrected chi connectivity index (χ0v) is 11.1. The molecule has 20 heavy (non-hydrogen) atoms. The highest BCUT2D eigenvalue weighted by molar-refractivity contribution is 5.97. The van der Waals surface area contributed by atoms with Crippen LogP contribution in [0.5, 0.6) is 0 Å². The molecule has 0 radical (unpaired) electrons. The number of guanidine groups is 1. The Morgan fingerprint density at radius 2 is 2.05 bits per heavy atom. The predicted molar refractivity (Wildman–Crippen MR) is 74.8 cm³/mol. The number of carboxylic acids is 1. The number of nitrogens with one attached hydrogen (secondary N) is 2. The Morgan fingerprint density at radius 1 is 1.30 bits per heavy atom. The van der Waals surface area contributed by atoms with Gasteiger partial charge in [-0.15, -0.1) is 0 Å². The molecule has 1 heterocycles. The molecular weight excluding hydrogens is 258 g/mol. The topological polar surface area (TPSA) is 90.8 Å². The molecule has 1 aliphatic heterocycles. The normalized spacial score (nSPS) is 14.1. The SMILES string of the molecule is O=C(CCc1ccc(C(=O)O)cc1)NC1=NCCCN1. The number of amides is 1. The van der Waals surface area contributed by atoms with Gasteiger partial charge in [0.2, 0.25) is 5.91 Å². The Bertz CT molecular complexity index is 523. The Hall–Kier alpha value is -2.37. The maximum absolute atomic E-state index is 11.7. The molecule has 6 nitrogen and oxygen atoms in total. The van der Waals surface area contributed by atoms with Crippen LogP contribution >= 0.6 is 0 Å². The fraction of sp³-hybridized carbons (Fsp3) is 0.357. The van der Waals surface area contributed by atoms with Gasteiger partial charge >= 0.3 is 5.97 Å². The van der Waals surface area contributed by atoms with Gasteiger partial charge in [-0.1, -0.05) is 12.1 Å². The minimum Gasteiger partial charge on any atom is -0.478 e. The highest BCUT2D eigenvalue weighted by atomic mass is 16.4. The van der Waals surface area contributed by atoms with E-state index in [0.717, 1.165) is 25.1 Å². The fourth-order valence-electron chi connectivity index (χ4n) is 1.88. The lowest BCUT2D eigenvalue weighted by Crippen LogP contribution is -2.43. The number of hydrogen-bond acceptors (Lipinski definition) is 4. The van der Waals surface area contributed by atoms with E-state index in [9.17, 15) is 9.59 Å². The van der Waals surface area contributed by atoms with E-state index in [4.69, 9.17) is 5.11 Å². The maximum Gasteiger partial charge on any atom is 0.335 e. The first-order valence-electron chi connectivity index (χ1n) is 6.55. The quantitative estimate of drug-likeness (QED) is 0.757. The van der Waals surface area contributed by atoms with E-state index >= 15 is 0 Å². The van der Waals surface area contributed by atoms with Crippen molar-refractivity contribution < 1.29 is 14.7 Å². The summed E-state index contributed by atoms with van der Waals surface area (Å²) >= 11 is 0. The van der Waals surface area contributed by atoms with Crippen molar-refractivity contribution in [3.63, 3.8) is 0 Å². The van der Waals surface area contributed by atoms with E-state index < -0.39 is 5.97 Å². The zero-order chi connectivity index (χ0) is 14.4. The highest BCUT2D eigenvalue weighted by Gasteiger charge is 2.09. The predicted octanol–water partition coefficient (Wildman–Crippen LogP) is 0.783. The van der Waals surface area contributed by atoms with Gasteiger partial charge in [-0.25, -0.2) is 4.79 Å². The number of rotatable bonds is 4. The van der Waals surface area contributed by atoms with Gasteiger partial charge in [-0.05, 0) is 30.5 Å². The van der Waals surface area contributed by atoms with Crippen LogP contribution in [0.15, 0.2) is 29.3 Å². The maximum atomic E-state index is 11.7. The fourth-order valence-corrected chi connectivity index (χ4v) is 1.88. The number of aromatic carboxylic acids is 1. The Kier molecular flexibility index (Phi) is 4.70. The van der Waals surface area contributed by atoms with Crippen molar-refractivity contribution >= 4 is 17.8 Å². The number of nitrogens with zero attached hydrogens (tertiary/aromatic N) is 1. The number of carboxylic acid groups (broad SMARTS) is 1. The molecule has 106 valence electrons. The third-order valence-corrected chi connectivity index (χ3v) is 3.00. The molecule has 3 N–H and O–H groups in total. The largest absolute Gasteiger partial charge is 0.478 e. The first-order valence-corrected chi connectivity index (χ1v) is 6.55. The van der Waals surface area contributed by atoms with Gasteiger partial charge < -0.3 is 10.4 Å². The number of carbonyl (C=O) groups excluding carboxylic acids is 1. The molecule has 2 rings (SSSR count). The van der Waals surface area contributed by atoms with Gasteiger partial charge in [-0.3, -0.25) is 15.1 Å². The molecule has 0 aromatic heterocycles. The minimum atomic E-state index is -0.948. The summed E-state index contributed by atoms with van der Waals surface area (Å²) in [5.74, 6) is -0.501. The summed E-state index contributed by atoms with van der Waals surface area (Å²) in [5, 5.41) is 14.5. The lowest BCUT2D eigenvalue weighted by molar-refractivity contribution is -0.119. The van der Waals surface area contributed by atoms with Crippen molar-refractivity contribution in [2.75, 3.05) is 13.1 Å². The summed E-state index contributed by atoms with van der Waals surface area (Å²) in [7, 11) is 0. The molecule has 1 aromatic rings. The van der Waals surface area contributed by atoms with Gasteiger partial charge in [0.05, 0.1) is 5.56 Å². The van der Waals surface area contributed by atoms with Crippen molar-refractivity contribution in [1.82, 2.24) is 10.6 Å². The molecule has 0 fully saturated rings. The molecule has 0 saturated carbocycles. The number of carbonyl (C=O) groups is 2. The molecule has 1 aliphatic rings. The van der Waals surface area contributed by atoms with E-state index in [1.807, 2.05) is 0 Å². The second-order valence-corrected chi connectivity index (χ2v) is 4.56. The van der Waals surface area contributed by atoms with Crippen LogP contribution in [-0.4, -0.2) is 36.0 Å². The average Bonchev–Trinajstić information content (AvgIpc) is 2.46. The van der Waals surface area contributed by atoms with Crippen LogP contribution < -0.4 is 10.6 Å². The Balaban J connectivity index is 1.80. The lowest BCUT2D eigenvalue weighted by Gasteiger charge is -2.14. The zero-order valence-electron chi connectivity index (χ0n) is 11.1. The standard InChI is InChI=1S/C14H17N3O3/c18-12(17-14-15-8-1-9-16-14)7-4-10-2-5-11(6-3-10)13(19)20/h2-3,5-6H,1,4,7-9H2,(H,19,20)(H2,15,16,17,18).